The topological polar surface area (TPSA) is 29.5 Å². The summed E-state index contributed by atoms with van der Waals surface area (Å²) in [7, 11) is 0. The zero-order valence-corrected chi connectivity index (χ0v) is 12.7. The van der Waals surface area contributed by atoms with Crippen LogP contribution in [0, 0.1) is 0 Å². The minimum Gasteiger partial charge on any atom is -0.335 e. The SMILES string of the molecule is CC(=S)N(CCc1ccccc1)OC(=O)c1ccccc1. The predicted molar refractivity (Wildman–Crippen MR) is 87.0 cm³/mol. The molecular weight excluding hydrogens is 282 g/mol. The summed E-state index contributed by atoms with van der Waals surface area (Å²) in [4.78, 5) is 18.0. The molecule has 0 aliphatic heterocycles. The summed E-state index contributed by atoms with van der Waals surface area (Å²) >= 11 is 5.15. The zero-order chi connectivity index (χ0) is 15.1. The summed E-state index contributed by atoms with van der Waals surface area (Å²) in [5, 5.41) is 1.47. The Balaban J connectivity index is 1.96. The van der Waals surface area contributed by atoms with E-state index in [1.165, 1.54) is 10.6 Å². The second-order valence-corrected chi connectivity index (χ2v) is 5.19. The van der Waals surface area contributed by atoms with E-state index >= 15 is 0 Å². The Bertz CT molecular complexity index is 599. The van der Waals surface area contributed by atoms with Crippen LogP contribution in [0.2, 0.25) is 0 Å². The summed E-state index contributed by atoms with van der Waals surface area (Å²) in [6.07, 6.45) is 0.761. The van der Waals surface area contributed by atoms with Crippen molar-refractivity contribution >= 4 is 23.2 Å². The van der Waals surface area contributed by atoms with E-state index in [1.54, 1.807) is 31.2 Å². The lowest BCUT2D eigenvalue weighted by Gasteiger charge is -2.21. The fourth-order valence-electron chi connectivity index (χ4n) is 1.87. The molecule has 0 unspecified atom stereocenters. The molecule has 0 N–H and O–H groups in total. The van der Waals surface area contributed by atoms with E-state index in [-0.39, 0.29) is 0 Å². The van der Waals surface area contributed by atoms with E-state index in [0.29, 0.717) is 17.1 Å². The normalized spacial score (nSPS) is 9.95. The second-order valence-electron chi connectivity index (χ2n) is 4.60. The molecular formula is C17H17NO2S. The predicted octanol–water partition coefficient (Wildman–Crippen LogP) is 3.65. The van der Waals surface area contributed by atoms with Gasteiger partial charge < -0.3 is 4.84 Å². The summed E-state index contributed by atoms with van der Waals surface area (Å²) in [5.41, 5.74) is 1.69. The lowest BCUT2D eigenvalue weighted by Crippen LogP contribution is -2.32. The molecule has 3 nitrogen and oxygen atoms in total. The van der Waals surface area contributed by atoms with E-state index in [4.69, 9.17) is 17.1 Å². The molecule has 0 spiro atoms. The number of thiocarbonyl (C=S) groups is 1. The van der Waals surface area contributed by atoms with Gasteiger partial charge in [-0.1, -0.05) is 60.7 Å². The van der Waals surface area contributed by atoms with E-state index in [9.17, 15) is 4.79 Å². The molecule has 0 heterocycles. The molecule has 2 rings (SSSR count). The fourth-order valence-corrected chi connectivity index (χ4v) is 2.00. The molecule has 0 aliphatic carbocycles. The smallest absolute Gasteiger partial charge is 0.335 e. The van der Waals surface area contributed by atoms with E-state index in [2.05, 4.69) is 0 Å². The van der Waals surface area contributed by atoms with Crippen LogP contribution in [0.3, 0.4) is 0 Å². The Hall–Kier alpha value is -2.20. The number of hydroxylamine groups is 2. The van der Waals surface area contributed by atoms with Crippen molar-refractivity contribution in [1.29, 1.82) is 0 Å². The molecule has 0 bridgehead atoms. The monoisotopic (exact) mass is 299 g/mol. The van der Waals surface area contributed by atoms with Crippen molar-refractivity contribution in [2.24, 2.45) is 0 Å². The highest BCUT2D eigenvalue weighted by molar-refractivity contribution is 7.80. The first-order valence-electron chi connectivity index (χ1n) is 6.76. The number of benzene rings is 2. The second kappa shape index (κ2) is 7.55. The van der Waals surface area contributed by atoms with Crippen LogP contribution in [0.4, 0.5) is 0 Å². The summed E-state index contributed by atoms with van der Waals surface area (Å²) < 4.78 is 0. The first-order valence-corrected chi connectivity index (χ1v) is 7.17. The van der Waals surface area contributed by atoms with Crippen molar-refractivity contribution in [3.8, 4) is 0 Å². The van der Waals surface area contributed by atoms with Gasteiger partial charge in [-0.15, -0.1) is 0 Å². The molecule has 0 aromatic heterocycles. The van der Waals surface area contributed by atoms with Gasteiger partial charge in [0.05, 0.1) is 12.1 Å². The van der Waals surface area contributed by atoms with Gasteiger partial charge in [0.2, 0.25) is 0 Å². The van der Waals surface area contributed by atoms with Crippen LogP contribution in [0.5, 0.6) is 0 Å². The van der Waals surface area contributed by atoms with Crippen molar-refractivity contribution in [1.82, 2.24) is 5.06 Å². The molecule has 0 atom stereocenters. The quantitative estimate of drug-likeness (QED) is 0.636. The molecule has 108 valence electrons. The highest BCUT2D eigenvalue weighted by Crippen LogP contribution is 2.07. The van der Waals surface area contributed by atoms with Gasteiger partial charge in [-0.25, -0.2) is 4.79 Å². The number of hydrogen-bond acceptors (Lipinski definition) is 3. The van der Waals surface area contributed by atoms with Gasteiger partial charge in [0.15, 0.2) is 0 Å². The maximum absolute atomic E-state index is 12.0. The Morgan fingerprint density at radius 3 is 2.19 bits per heavy atom. The number of hydrogen-bond donors (Lipinski definition) is 0. The molecule has 0 fully saturated rings. The highest BCUT2D eigenvalue weighted by atomic mass is 32.1. The first kappa shape index (κ1) is 15.2. The summed E-state index contributed by atoms with van der Waals surface area (Å²) in [6.45, 7) is 2.29. The lowest BCUT2D eigenvalue weighted by atomic mass is 10.1. The van der Waals surface area contributed by atoms with Crippen LogP contribution in [0.1, 0.15) is 22.8 Å². The van der Waals surface area contributed by atoms with Crippen LogP contribution in [0.25, 0.3) is 0 Å². The molecule has 2 aromatic carbocycles. The summed E-state index contributed by atoms with van der Waals surface area (Å²) in [6, 6.07) is 18.9. The Kier molecular flexibility index (Phi) is 5.46. The zero-order valence-electron chi connectivity index (χ0n) is 11.9. The van der Waals surface area contributed by atoms with Crippen LogP contribution in [-0.2, 0) is 11.3 Å². The molecule has 2 aromatic rings. The molecule has 0 aliphatic rings. The molecule has 0 saturated heterocycles. The third kappa shape index (κ3) is 4.68. The number of nitrogens with zero attached hydrogens (tertiary/aromatic N) is 1. The van der Waals surface area contributed by atoms with Crippen LogP contribution < -0.4 is 0 Å². The Morgan fingerprint density at radius 2 is 1.62 bits per heavy atom. The minimum absolute atomic E-state index is 0.395. The minimum atomic E-state index is -0.395. The van der Waals surface area contributed by atoms with Crippen molar-refractivity contribution in [2.75, 3.05) is 6.54 Å². The van der Waals surface area contributed by atoms with E-state index in [0.717, 1.165) is 6.42 Å². The van der Waals surface area contributed by atoms with Crippen molar-refractivity contribution in [2.45, 2.75) is 13.3 Å². The molecule has 21 heavy (non-hydrogen) atoms. The summed E-state index contributed by atoms with van der Waals surface area (Å²) in [5.74, 6) is -0.395. The molecule has 4 heteroatoms. The van der Waals surface area contributed by atoms with Crippen molar-refractivity contribution in [3.63, 3.8) is 0 Å². The Morgan fingerprint density at radius 1 is 1.05 bits per heavy atom. The fraction of sp³-hybridized carbons (Fsp3) is 0.176. The van der Waals surface area contributed by atoms with Crippen LogP contribution in [-0.4, -0.2) is 22.6 Å². The van der Waals surface area contributed by atoms with Crippen molar-refractivity contribution < 1.29 is 9.63 Å². The van der Waals surface area contributed by atoms with Gasteiger partial charge in [-0.05, 0) is 31.0 Å². The maximum Gasteiger partial charge on any atom is 0.363 e. The number of carbonyl (C=O) groups is 1. The highest BCUT2D eigenvalue weighted by Gasteiger charge is 2.14. The van der Waals surface area contributed by atoms with Crippen LogP contribution in [0.15, 0.2) is 60.7 Å². The average Bonchev–Trinajstić information content (AvgIpc) is 2.52. The van der Waals surface area contributed by atoms with E-state index < -0.39 is 5.97 Å². The van der Waals surface area contributed by atoms with Gasteiger partial charge in [0, 0.05) is 0 Å². The average molecular weight is 299 g/mol. The third-order valence-electron chi connectivity index (χ3n) is 3.00. The first-order chi connectivity index (χ1) is 10.2. The standard InChI is InChI=1S/C17H17NO2S/c1-14(21)18(13-12-15-8-4-2-5-9-15)20-17(19)16-10-6-3-7-11-16/h2-11H,12-13H2,1H3. The largest absolute Gasteiger partial charge is 0.363 e. The number of rotatable bonds is 4. The lowest BCUT2D eigenvalue weighted by molar-refractivity contribution is -0.0537. The number of carbonyl (C=O) groups excluding carboxylic acids is 1. The molecule has 0 amide bonds. The van der Waals surface area contributed by atoms with Crippen LogP contribution >= 0.6 is 12.2 Å². The Labute approximate surface area is 130 Å². The maximum atomic E-state index is 12.0. The van der Waals surface area contributed by atoms with Gasteiger partial charge in [0.25, 0.3) is 0 Å². The van der Waals surface area contributed by atoms with E-state index in [1.807, 2.05) is 36.4 Å². The van der Waals surface area contributed by atoms with Crippen molar-refractivity contribution in [3.05, 3.63) is 71.8 Å². The molecule has 0 radical (unpaired) electrons. The van der Waals surface area contributed by atoms with Gasteiger partial charge in [-0.2, -0.15) is 5.06 Å². The van der Waals surface area contributed by atoms with Gasteiger partial charge >= 0.3 is 5.97 Å². The van der Waals surface area contributed by atoms with Gasteiger partial charge in [-0.3, -0.25) is 0 Å². The third-order valence-corrected chi connectivity index (χ3v) is 3.20. The van der Waals surface area contributed by atoms with Gasteiger partial charge in [0.1, 0.15) is 4.99 Å². The molecule has 0 saturated carbocycles.